The van der Waals surface area contributed by atoms with Crippen LogP contribution in [0.25, 0.3) is 0 Å². The number of rotatable bonds is 5. The van der Waals surface area contributed by atoms with Crippen LogP contribution in [0.4, 0.5) is 0 Å². The highest BCUT2D eigenvalue weighted by Crippen LogP contribution is 2.32. The minimum absolute atomic E-state index is 0.0578. The average molecular weight is 391 g/mol. The van der Waals surface area contributed by atoms with Gasteiger partial charge in [-0.2, -0.15) is 0 Å². The smallest absolute Gasteiger partial charge is 0.227 e. The van der Waals surface area contributed by atoms with Gasteiger partial charge in [0.25, 0.3) is 0 Å². The second-order valence-corrected chi connectivity index (χ2v) is 7.64. The Hall–Kier alpha value is -2.65. The van der Waals surface area contributed by atoms with Gasteiger partial charge in [-0.1, -0.05) is 66.2 Å². The molecule has 0 aliphatic carbocycles. The van der Waals surface area contributed by atoms with E-state index in [1.54, 1.807) is 0 Å². The monoisotopic (exact) mass is 390 g/mol. The Kier molecular flexibility index (Phi) is 5.73. The Morgan fingerprint density at radius 1 is 1.00 bits per heavy atom. The molecule has 0 spiro atoms. The molecule has 1 amide bonds. The highest BCUT2D eigenvalue weighted by molar-refractivity contribution is 6.31. The summed E-state index contributed by atoms with van der Waals surface area (Å²) in [4.78, 5) is 19.8. The van der Waals surface area contributed by atoms with Crippen molar-refractivity contribution >= 4 is 17.5 Å². The van der Waals surface area contributed by atoms with Gasteiger partial charge in [-0.15, -0.1) is 0 Å². The second kappa shape index (κ2) is 8.57. The first kappa shape index (κ1) is 18.7. The fourth-order valence-corrected chi connectivity index (χ4v) is 4.07. The summed E-state index contributed by atoms with van der Waals surface area (Å²) in [6.45, 7) is 0.798. The third-order valence-electron chi connectivity index (χ3n) is 5.27. The first-order valence-electron chi connectivity index (χ1n) is 9.73. The minimum Gasteiger partial charge on any atom is -0.334 e. The van der Waals surface area contributed by atoms with E-state index in [1.807, 2.05) is 77.7 Å². The zero-order chi connectivity index (χ0) is 19.3. The van der Waals surface area contributed by atoms with E-state index in [1.165, 1.54) is 0 Å². The van der Waals surface area contributed by atoms with Crippen LogP contribution in [0.15, 0.2) is 72.8 Å². The molecule has 3 nitrogen and oxygen atoms in total. The number of likely N-dealkylation sites (tertiary alicyclic amines) is 1. The van der Waals surface area contributed by atoms with Crippen LogP contribution in [0.3, 0.4) is 0 Å². The highest BCUT2D eigenvalue weighted by atomic mass is 35.5. The van der Waals surface area contributed by atoms with E-state index >= 15 is 0 Å². The van der Waals surface area contributed by atoms with Crippen molar-refractivity contribution in [1.29, 1.82) is 0 Å². The number of hydrogen-bond donors (Lipinski definition) is 0. The van der Waals surface area contributed by atoms with Gasteiger partial charge in [-0.05, 0) is 42.2 Å². The van der Waals surface area contributed by atoms with Crippen LogP contribution in [-0.4, -0.2) is 22.3 Å². The van der Waals surface area contributed by atoms with E-state index in [9.17, 15) is 4.79 Å². The molecular weight excluding hydrogens is 368 g/mol. The number of amides is 1. The van der Waals surface area contributed by atoms with E-state index in [2.05, 4.69) is 0 Å². The SMILES string of the molecule is O=C(Cc1ccccc1)N1CCC[C@H]1c1cccc(Cc2ccccc2Cl)n1. The fraction of sp³-hybridized carbons (Fsp3) is 0.250. The van der Waals surface area contributed by atoms with Gasteiger partial charge >= 0.3 is 0 Å². The summed E-state index contributed by atoms with van der Waals surface area (Å²) in [5.41, 5.74) is 4.08. The lowest BCUT2D eigenvalue weighted by Crippen LogP contribution is -2.32. The van der Waals surface area contributed by atoms with Crippen molar-refractivity contribution in [2.24, 2.45) is 0 Å². The molecule has 0 unspecified atom stereocenters. The first-order chi connectivity index (χ1) is 13.7. The molecule has 142 valence electrons. The van der Waals surface area contributed by atoms with Gasteiger partial charge in [0.05, 0.1) is 18.2 Å². The molecule has 2 heterocycles. The van der Waals surface area contributed by atoms with E-state index in [0.717, 1.165) is 46.9 Å². The van der Waals surface area contributed by atoms with E-state index < -0.39 is 0 Å². The van der Waals surface area contributed by atoms with Crippen molar-refractivity contribution in [3.05, 3.63) is 100 Å². The maximum Gasteiger partial charge on any atom is 0.227 e. The molecule has 0 saturated carbocycles. The van der Waals surface area contributed by atoms with Crippen molar-refractivity contribution < 1.29 is 4.79 Å². The molecule has 4 rings (SSSR count). The van der Waals surface area contributed by atoms with Crippen LogP contribution in [-0.2, 0) is 17.6 Å². The molecule has 2 aromatic carbocycles. The van der Waals surface area contributed by atoms with Crippen molar-refractivity contribution in [2.45, 2.75) is 31.7 Å². The normalized spacial score (nSPS) is 16.3. The number of carbonyl (C=O) groups excluding carboxylic acids is 1. The predicted octanol–water partition coefficient (Wildman–Crippen LogP) is 5.23. The molecule has 1 saturated heterocycles. The summed E-state index contributed by atoms with van der Waals surface area (Å²) in [6.07, 6.45) is 3.11. The van der Waals surface area contributed by atoms with Crippen LogP contribution in [0.1, 0.15) is 41.4 Å². The van der Waals surface area contributed by atoms with Crippen molar-refractivity contribution in [2.75, 3.05) is 6.54 Å². The Balaban J connectivity index is 1.51. The van der Waals surface area contributed by atoms with Gasteiger partial charge in [-0.3, -0.25) is 9.78 Å². The molecule has 0 bridgehead atoms. The summed E-state index contributed by atoms with van der Waals surface area (Å²) < 4.78 is 0. The number of nitrogens with zero attached hydrogens (tertiary/aromatic N) is 2. The molecule has 4 heteroatoms. The highest BCUT2D eigenvalue weighted by Gasteiger charge is 2.30. The molecule has 28 heavy (non-hydrogen) atoms. The zero-order valence-electron chi connectivity index (χ0n) is 15.7. The van der Waals surface area contributed by atoms with Crippen LogP contribution in [0.5, 0.6) is 0 Å². The molecule has 0 radical (unpaired) electrons. The first-order valence-corrected chi connectivity index (χ1v) is 10.1. The average Bonchev–Trinajstić information content (AvgIpc) is 3.21. The molecular formula is C24H23ClN2O. The number of halogens is 1. The van der Waals surface area contributed by atoms with Crippen LogP contribution < -0.4 is 0 Å². The van der Waals surface area contributed by atoms with Gasteiger partial charge in [0.15, 0.2) is 0 Å². The van der Waals surface area contributed by atoms with Crippen LogP contribution >= 0.6 is 11.6 Å². The van der Waals surface area contributed by atoms with Gasteiger partial charge < -0.3 is 4.90 Å². The Bertz CT molecular complexity index is 958. The van der Waals surface area contributed by atoms with E-state index in [4.69, 9.17) is 16.6 Å². The number of hydrogen-bond acceptors (Lipinski definition) is 2. The number of carbonyl (C=O) groups is 1. The number of benzene rings is 2. The van der Waals surface area contributed by atoms with Crippen molar-refractivity contribution in [1.82, 2.24) is 9.88 Å². The summed E-state index contributed by atoms with van der Waals surface area (Å²) in [6, 6.07) is 24.0. The van der Waals surface area contributed by atoms with E-state index in [-0.39, 0.29) is 11.9 Å². The molecule has 1 aromatic heterocycles. The summed E-state index contributed by atoms with van der Waals surface area (Å²) in [5.74, 6) is 0.173. The number of aromatic nitrogens is 1. The fourth-order valence-electron chi connectivity index (χ4n) is 3.86. The standard InChI is InChI=1S/C24H23ClN2O/c25-21-12-5-4-10-19(21)17-20-11-6-13-22(26-20)23-14-7-15-27(23)24(28)16-18-8-2-1-3-9-18/h1-6,8-13,23H,7,14-17H2/t23-/m0/s1. The largest absolute Gasteiger partial charge is 0.334 e. The van der Waals surface area contributed by atoms with Gasteiger partial charge in [-0.25, -0.2) is 0 Å². The lowest BCUT2D eigenvalue weighted by molar-refractivity contribution is -0.131. The quantitative estimate of drug-likeness (QED) is 0.597. The minimum atomic E-state index is 0.0578. The van der Waals surface area contributed by atoms with Crippen molar-refractivity contribution in [3.8, 4) is 0 Å². The third-order valence-corrected chi connectivity index (χ3v) is 5.64. The molecule has 1 fully saturated rings. The van der Waals surface area contributed by atoms with Gasteiger partial charge in [0.1, 0.15) is 0 Å². The second-order valence-electron chi connectivity index (χ2n) is 7.23. The van der Waals surface area contributed by atoms with Crippen LogP contribution in [0, 0.1) is 0 Å². The summed E-state index contributed by atoms with van der Waals surface area (Å²) in [7, 11) is 0. The maximum atomic E-state index is 12.9. The lowest BCUT2D eigenvalue weighted by Gasteiger charge is -2.25. The molecule has 0 N–H and O–H groups in total. The lowest BCUT2D eigenvalue weighted by atomic mass is 10.1. The topological polar surface area (TPSA) is 33.2 Å². The molecule has 3 aromatic rings. The van der Waals surface area contributed by atoms with Gasteiger partial charge in [0.2, 0.25) is 5.91 Å². The molecule has 1 aliphatic rings. The summed E-state index contributed by atoms with van der Waals surface area (Å²) >= 11 is 6.30. The Morgan fingerprint density at radius 3 is 2.61 bits per heavy atom. The molecule has 1 aliphatic heterocycles. The Morgan fingerprint density at radius 2 is 1.79 bits per heavy atom. The molecule has 1 atom stereocenters. The maximum absolute atomic E-state index is 12.9. The van der Waals surface area contributed by atoms with Gasteiger partial charge in [0, 0.05) is 23.7 Å². The number of pyridine rings is 1. The summed E-state index contributed by atoms with van der Waals surface area (Å²) in [5, 5.41) is 0.759. The van der Waals surface area contributed by atoms with Crippen molar-refractivity contribution in [3.63, 3.8) is 0 Å². The van der Waals surface area contributed by atoms with E-state index in [0.29, 0.717) is 12.8 Å². The predicted molar refractivity (Wildman–Crippen MR) is 112 cm³/mol. The Labute approximate surface area is 171 Å². The third kappa shape index (κ3) is 4.26. The zero-order valence-corrected chi connectivity index (χ0v) is 16.5. The van der Waals surface area contributed by atoms with Crippen LogP contribution in [0.2, 0.25) is 5.02 Å².